The second-order valence-electron chi connectivity index (χ2n) is 2.42. The van der Waals surface area contributed by atoms with Crippen molar-refractivity contribution in [1.82, 2.24) is 14.8 Å². The number of rotatable bonds is 4. The molecular formula is C7H11N3O2. The Morgan fingerprint density at radius 3 is 3.00 bits per heavy atom. The predicted octanol–water partition coefficient (Wildman–Crippen LogP) is 0.315. The number of hydrogen-bond donors (Lipinski definition) is 1. The number of carbonyl (C=O) groups is 1. The molecular weight excluding hydrogens is 158 g/mol. The summed E-state index contributed by atoms with van der Waals surface area (Å²) in [7, 11) is 0. The molecule has 0 unspecified atom stereocenters. The Kier molecular flexibility index (Phi) is 2.79. The van der Waals surface area contributed by atoms with Crippen molar-refractivity contribution in [3.63, 3.8) is 0 Å². The van der Waals surface area contributed by atoms with E-state index in [1.54, 1.807) is 11.0 Å². The van der Waals surface area contributed by atoms with Crippen LogP contribution in [0.4, 0.5) is 0 Å². The van der Waals surface area contributed by atoms with Crippen molar-refractivity contribution in [2.24, 2.45) is 0 Å². The van der Waals surface area contributed by atoms with Crippen molar-refractivity contribution in [3.8, 4) is 0 Å². The summed E-state index contributed by atoms with van der Waals surface area (Å²) < 4.78 is 1.55. The van der Waals surface area contributed by atoms with E-state index >= 15 is 0 Å². The lowest BCUT2D eigenvalue weighted by Crippen LogP contribution is -2.05. The minimum atomic E-state index is -0.816. The van der Waals surface area contributed by atoms with Crippen LogP contribution in [-0.2, 0) is 17.8 Å². The van der Waals surface area contributed by atoms with Crippen molar-refractivity contribution in [2.45, 2.75) is 26.3 Å². The third kappa shape index (κ3) is 2.34. The molecule has 5 nitrogen and oxygen atoms in total. The Morgan fingerprint density at radius 1 is 1.75 bits per heavy atom. The molecule has 0 aliphatic rings. The van der Waals surface area contributed by atoms with Crippen LogP contribution in [0.15, 0.2) is 6.33 Å². The molecule has 12 heavy (non-hydrogen) atoms. The zero-order chi connectivity index (χ0) is 8.97. The summed E-state index contributed by atoms with van der Waals surface area (Å²) in [5, 5.41) is 12.4. The summed E-state index contributed by atoms with van der Waals surface area (Å²) >= 11 is 0. The highest BCUT2D eigenvalue weighted by atomic mass is 16.4. The van der Waals surface area contributed by atoms with Gasteiger partial charge in [-0.2, -0.15) is 5.10 Å². The SMILES string of the molecule is CCc1ncn(CCC(=O)O)n1. The fraction of sp³-hybridized carbons (Fsp3) is 0.571. The minimum absolute atomic E-state index is 0.0898. The molecule has 0 amide bonds. The third-order valence-corrected chi connectivity index (χ3v) is 1.45. The maximum atomic E-state index is 10.2. The molecule has 1 N–H and O–H groups in total. The lowest BCUT2D eigenvalue weighted by atomic mass is 10.4. The van der Waals surface area contributed by atoms with E-state index in [1.165, 1.54) is 0 Å². The Hall–Kier alpha value is -1.39. The molecule has 1 aromatic heterocycles. The first-order valence-corrected chi connectivity index (χ1v) is 3.82. The standard InChI is InChI=1S/C7H11N3O2/c1-2-6-8-5-10(9-6)4-3-7(11)12/h5H,2-4H2,1H3,(H,11,12). The van der Waals surface area contributed by atoms with Gasteiger partial charge in [-0.15, -0.1) is 0 Å². The van der Waals surface area contributed by atoms with Gasteiger partial charge in [0.2, 0.25) is 0 Å². The number of hydrogen-bond acceptors (Lipinski definition) is 3. The van der Waals surface area contributed by atoms with Crippen molar-refractivity contribution in [3.05, 3.63) is 12.2 Å². The lowest BCUT2D eigenvalue weighted by molar-refractivity contribution is -0.137. The quantitative estimate of drug-likeness (QED) is 0.704. The molecule has 66 valence electrons. The zero-order valence-electron chi connectivity index (χ0n) is 6.90. The van der Waals surface area contributed by atoms with Gasteiger partial charge in [0.1, 0.15) is 12.2 Å². The van der Waals surface area contributed by atoms with Crippen LogP contribution in [0, 0.1) is 0 Å². The van der Waals surface area contributed by atoms with Crippen LogP contribution in [0.2, 0.25) is 0 Å². The van der Waals surface area contributed by atoms with E-state index in [0.717, 1.165) is 12.2 Å². The first kappa shape index (κ1) is 8.70. The zero-order valence-corrected chi connectivity index (χ0v) is 6.90. The first-order chi connectivity index (χ1) is 5.72. The second kappa shape index (κ2) is 3.85. The summed E-state index contributed by atoms with van der Waals surface area (Å²) in [5.74, 6) is -0.0658. The Bertz CT molecular complexity index is 269. The van der Waals surface area contributed by atoms with Crippen LogP contribution in [0.1, 0.15) is 19.2 Å². The number of carboxylic acid groups (broad SMARTS) is 1. The van der Waals surface area contributed by atoms with Crippen LogP contribution in [-0.4, -0.2) is 25.8 Å². The minimum Gasteiger partial charge on any atom is -0.481 e. The van der Waals surface area contributed by atoms with Crippen molar-refractivity contribution in [2.75, 3.05) is 0 Å². The highest BCUT2D eigenvalue weighted by Gasteiger charge is 2.00. The van der Waals surface area contributed by atoms with Crippen molar-refractivity contribution < 1.29 is 9.90 Å². The monoisotopic (exact) mass is 169 g/mol. The van der Waals surface area contributed by atoms with Crippen molar-refractivity contribution >= 4 is 5.97 Å². The summed E-state index contributed by atoms with van der Waals surface area (Å²) in [6.07, 6.45) is 2.42. The fourth-order valence-electron chi connectivity index (χ4n) is 0.813. The average Bonchev–Trinajstić information content (AvgIpc) is 2.48. The number of nitrogens with zero attached hydrogens (tertiary/aromatic N) is 3. The Labute approximate surface area is 70.0 Å². The molecule has 0 fully saturated rings. The van der Waals surface area contributed by atoms with Gasteiger partial charge < -0.3 is 5.11 Å². The van der Waals surface area contributed by atoms with Gasteiger partial charge in [0.15, 0.2) is 0 Å². The number of aromatic nitrogens is 3. The molecule has 0 saturated heterocycles. The number of aliphatic carboxylic acids is 1. The fourth-order valence-corrected chi connectivity index (χ4v) is 0.813. The van der Waals surface area contributed by atoms with Crippen molar-refractivity contribution in [1.29, 1.82) is 0 Å². The predicted molar refractivity (Wildman–Crippen MR) is 41.7 cm³/mol. The van der Waals surface area contributed by atoms with E-state index < -0.39 is 5.97 Å². The van der Waals surface area contributed by atoms with Gasteiger partial charge in [0, 0.05) is 6.42 Å². The van der Waals surface area contributed by atoms with E-state index in [-0.39, 0.29) is 6.42 Å². The highest BCUT2D eigenvalue weighted by molar-refractivity contribution is 5.66. The molecule has 0 spiro atoms. The van der Waals surface area contributed by atoms with Crippen LogP contribution in [0.5, 0.6) is 0 Å². The lowest BCUT2D eigenvalue weighted by Gasteiger charge is -1.94. The van der Waals surface area contributed by atoms with E-state index in [0.29, 0.717) is 6.54 Å². The summed E-state index contributed by atoms with van der Waals surface area (Å²) in [4.78, 5) is 14.2. The normalized spacial score (nSPS) is 10.1. The molecule has 0 aromatic carbocycles. The molecule has 0 saturated carbocycles. The van der Waals surface area contributed by atoms with E-state index in [4.69, 9.17) is 5.11 Å². The van der Waals surface area contributed by atoms with E-state index in [9.17, 15) is 4.79 Å². The molecule has 1 rings (SSSR count). The highest BCUT2D eigenvalue weighted by Crippen LogP contribution is 1.92. The smallest absolute Gasteiger partial charge is 0.305 e. The van der Waals surface area contributed by atoms with Crippen LogP contribution >= 0.6 is 0 Å². The molecule has 1 aromatic rings. The van der Waals surface area contributed by atoms with E-state index in [2.05, 4.69) is 10.1 Å². The second-order valence-corrected chi connectivity index (χ2v) is 2.42. The molecule has 0 radical (unpaired) electrons. The number of carboxylic acids is 1. The van der Waals surface area contributed by atoms with Gasteiger partial charge in [-0.25, -0.2) is 4.98 Å². The summed E-state index contributed by atoms with van der Waals surface area (Å²) in [6, 6.07) is 0. The summed E-state index contributed by atoms with van der Waals surface area (Å²) in [6.45, 7) is 2.35. The molecule has 1 heterocycles. The topological polar surface area (TPSA) is 68.0 Å². The van der Waals surface area contributed by atoms with Gasteiger partial charge in [-0.3, -0.25) is 9.48 Å². The maximum absolute atomic E-state index is 10.2. The van der Waals surface area contributed by atoms with E-state index in [1.807, 2.05) is 6.92 Å². The van der Waals surface area contributed by atoms with Gasteiger partial charge in [-0.05, 0) is 0 Å². The molecule has 0 aliphatic heterocycles. The summed E-state index contributed by atoms with van der Waals surface area (Å²) in [5.41, 5.74) is 0. The van der Waals surface area contributed by atoms with Gasteiger partial charge >= 0.3 is 5.97 Å². The third-order valence-electron chi connectivity index (χ3n) is 1.45. The van der Waals surface area contributed by atoms with Crippen LogP contribution in [0.3, 0.4) is 0 Å². The van der Waals surface area contributed by atoms with Crippen LogP contribution < -0.4 is 0 Å². The van der Waals surface area contributed by atoms with Crippen LogP contribution in [0.25, 0.3) is 0 Å². The average molecular weight is 169 g/mol. The number of aryl methyl sites for hydroxylation is 2. The molecule has 0 aliphatic carbocycles. The van der Waals surface area contributed by atoms with Gasteiger partial charge in [0.25, 0.3) is 0 Å². The molecule has 0 bridgehead atoms. The molecule has 0 atom stereocenters. The van der Waals surface area contributed by atoms with Gasteiger partial charge in [0.05, 0.1) is 13.0 Å². The largest absolute Gasteiger partial charge is 0.481 e. The Balaban J connectivity index is 2.47. The Morgan fingerprint density at radius 2 is 2.50 bits per heavy atom. The maximum Gasteiger partial charge on any atom is 0.305 e. The molecule has 5 heteroatoms. The first-order valence-electron chi connectivity index (χ1n) is 3.82. The van der Waals surface area contributed by atoms with Gasteiger partial charge in [-0.1, -0.05) is 6.92 Å².